The Kier molecular flexibility index (Phi) is 13.9. The van der Waals surface area contributed by atoms with Crippen molar-refractivity contribution in [3.8, 4) is 11.5 Å². The van der Waals surface area contributed by atoms with Crippen LogP contribution in [0.1, 0.15) is 64.2 Å². The molecule has 2 aromatic rings. The Morgan fingerprint density at radius 2 is 1.76 bits per heavy atom. The van der Waals surface area contributed by atoms with Gasteiger partial charge in [0.15, 0.2) is 0 Å². The Morgan fingerprint density at radius 3 is 2.41 bits per heavy atom. The second kappa shape index (κ2) is 17.6. The average molecular weight is 642 g/mol. The van der Waals surface area contributed by atoms with Crippen molar-refractivity contribution in [3.63, 3.8) is 0 Å². The molecule has 1 heterocycles. The van der Waals surface area contributed by atoms with Crippen molar-refractivity contribution < 1.29 is 33.7 Å². The molecule has 0 aromatic heterocycles. The molecule has 12 nitrogen and oxygen atoms in total. The Hall–Kier alpha value is -4.03. The van der Waals surface area contributed by atoms with E-state index in [4.69, 9.17) is 14.2 Å². The van der Waals surface area contributed by atoms with E-state index in [0.29, 0.717) is 29.5 Å². The first-order valence-corrected chi connectivity index (χ1v) is 16.0. The number of methoxy groups -OCH3 is 1. The highest BCUT2D eigenvalue weighted by molar-refractivity contribution is 5.99. The lowest BCUT2D eigenvalue weighted by Crippen LogP contribution is -2.48. The van der Waals surface area contributed by atoms with Crippen LogP contribution in [0, 0.1) is 5.92 Å². The number of nitrogens with zero attached hydrogens (tertiary/aromatic N) is 2. The quantitative estimate of drug-likeness (QED) is 0.311. The van der Waals surface area contributed by atoms with Crippen molar-refractivity contribution in [1.82, 2.24) is 15.1 Å². The molecule has 1 aliphatic rings. The molecule has 0 unspecified atom stereocenters. The average Bonchev–Trinajstić information content (AvgIpc) is 3.02. The van der Waals surface area contributed by atoms with Gasteiger partial charge in [0, 0.05) is 50.1 Å². The van der Waals surface area contributed by atoms with Crippen LogP contribution in [0.2, 0.25) is 0 Å². The summed E-state index contributed by atoms with van der Waals surface area (Å²) in [6, 6.07) is 10.9. The minimum Gasteiger partial charge on any atom is -0.497 e. The molecule has 0 bridgehead atoms. The molecule has 46 heavy (non-hydrogen) atoms. The fourth-order valence-electron chi connectivity index (χ4n) is 5.14. The molecule has 5 amide bonds. The number of anilines is 2. The molecule has 4 N–H and O–H groups in total. The number of hydrogen-bond donors (Lipinski definition) is 4. The van der Waals surface area contributed by atoms with E-state index in [2.05, 4.69) is 16.0 Å². The second-order valence-electron chi connectivity index (χ2n) is 12.3. The highest BCUT2D eigenvalue weighted by Crippen LogP contribution is 2.28. The minimum absolute atomic E-state index is 0.0618. The zero-order valence-corrected chi connectivity index (χ0v) is 28.2. The molecule has 0 saturated heterocycles. The maximum absolute atomic E-state index is 14.2. The van der Waals surface area contributed by atoms with Crippen LogP contribution in [0.3, 0.4) is 0 Å². The molecule has 0 fully saturated rings. The summed E-state index contributed by atoms with van der Waals surface area (Å²) in [4.78, 5) is 43.0. The molecular weight excluding hydrogens is 590 g/mol. The van der Waals surface area contributed by atoms with Gasteiger partial charge in [0.25, 0.3) is 5.91 Å². The Bertz CT molecular complexity index is 1290. The highest BCUT2D eigenvalue weighted by atomic mass is 16.5. The number of carbonyl (C=O) groups is 3. The number of benzene rings is 2. The number of fused-ring (bicyclic) bond motifs is 1. The molecule has 0 saturated carbocycles. The number of aliphatic hydroxyl groups excluding tert-OH is 1. The zero-order valence-electron chi connectivity index (χ0n) is 28.2. The number of urea groups is 2. The van der Waals surface area contributed by atoms with Crippen LogP contribution in [0.15, 0.2) is 42.5 Å². The number of nitrogens with one attached hydrogen (secondary N) is 3. The molecule has 0 radical (unpaired) electrons. The summed E-state index contributed by atoms with van der Waals surface area (Å²) in [6.45, 7) is 10.2. The first-order valence-electron chi connectivity index (χ1n) is 16.0. The van der Waals surface area contributed by atoms with E-state index in [1.54, 1.807) is 73.3 Å². The molecule has 2 aromatic carbocycles. The molecule has 12 heteroatoms. The molecule has 0 aliphatic carbocycles. The lowest BCUT2D eigenvalue weighted by Gasteiger charge is -2.35. The lowest BCUT2D eigenvalue weighted by molar-refractivity contribution is -0.0115. The fraction of sp³-hybridized carbons (Fsp3) is 0.559. The minimum atomic E-state index is -0.522. The smallest absolute Gasteiger partial charge is 0.321 e. The fourth-order valence-corrected chi connectivity index (χ4v) is 5.14. The van der Waals surface area contributed by atoms with Crippen LogP contribution in [-0.2, 0) is 4.74 Å². The number of amides is 5. The number of rotatable bonds is 8. The van der Waals surface area contributed by atoms with Crippen molar-refractivity contribution in [3.05, 3.63) is 48.0 Å². The Morgan fingerprint density at radius 1 is 1.07 bits per heavy atom. The van der Waals surface area contributed by atoms with E-state index >= 15 is 0 Å². The van der Waals surface area contributed by atoms with Gasteiger partial charge in [-0.1, -0.05) is 6.92 Å². The van der Waals surface area contributed by atoms with Crippen LogP contribution < -0.4 is 25.4 Å². The van der Waals surface area contributed by atoms with Crippen LogP contribution in [0.4, 0.5) is 21.0 Å². The van der Waals surface area contributed by atoms with E-state index in [9.17, 15) is 19.5 Å². The summed E-state index contributed by atoms with van der Waals surface area (Å²) in [6.07, 6.45) is 1.83. The predicted molar refractivity (Wildman–Crippen MR) is 179 cm³/mol. The topological polar surface area (TPSA) is 142 Å². The third-order valence-corrected chi connectivity index (χ3v) is 7.87. The number of hydrogen-bond acceptors (Lipinski definition) is 7. The Balaban J connectivity index is 1.87. The first-order chi connectivity index (χ1) is 21.9. The highest BCUT2D eigenvalue weighted by Gasteiger charge is 2.31. The lowest BCUT2D eigenvalue weighted by atomic mass is 10.0. The summed E-state index contributed by atoms with van der Waals surface area (Å²) in [5.41, 5.74) is 1.36. The third kappa shape index (κ3) is 10.8. The molecule has 254 valence electrons. The maximum atomic E-state index is 14.2. The van der Waals surface area contributed by atoms with Gasteiger partial charge in [-0.15, -0.1) is 0 Å². The normalized spacial score (nSPS) is 20.1. The molecule has 3 rings (SSSR count). The van der Waals surface area contributed by atoms with Gasteiger partial charge in [-0.3, -0.25) is 4.79 Å². The monoisotopic (exact) mass is 641 g/mol. The van der Waals surface area contributed by atoms with E-state index < -0.39 is 12.1 Å². The number of ether oxygens (including phenoxy) is 3. The molecule has 0 spiro atoms. The maximum Gasteiger partial charge on any atom is 0.321 e. The third-order valence-electron chi connectivity index (χ3n) is 7.87. The van der Waals surface area contributed by atoms with Crippen LogP contribution in [0.5, 0.6) is 11.5 Å². The van der Waals surface area contributed by atoms with E-state index in [1.165, 1.54) is 0 Å². The number of aliphatic hydroxyl groups is 1. The molecule has 4 atom stereocenters. The van der Waals surface area contributed by atoms with Crippen LogP contribution in [-0.4, -0.2) is 97.6 Å². The van der Waals surface area contributed by atoms with Crippen molar-refractivity contribution in [2.75, 3.05) is 51.1 Å². The second-order valence-corrected chi connectivity index (χ2v) is 12.3. The van der Waals surface area contributed by atoms with Gasteiger partial charge < -0.3 is 45.1 Å². The first kappa shape index (κ1) is 36.4. The van der Waals surface area contributed by atoms with Crippen molar-refractivity contribution in [2.45, 2.75) is 78.2 Å². The van der Waals surface area contributed by atoms with Gasteiger partial charge in [0.2, 0.25) is 0 Å². The van der Waals surface area contributed by atoms with Crippen LogP contribution in [0.25, 0.3) is 0 Å². The Labute approximate surface area is 272 Å². The summed E-state index contributed by atoms with van der Waals surface area (Å²) in [7, 11) is 3.29. The zero-order chi connectivity index (χ0) is 33.8. The van der Waals surface area contributed by atoms with Gasteiger partial charge in [0.05, 0.1) is 37.5 Å². The summed E-state index contributed by atoms with van der Waals surface area (Å²) in [5, 5.41) is 18.7. The summed E-state index contributed by atoms with van der Waals surface area (Å²) >= 11 is 0. The van der Waals surface area contributed by atoms with Gasteiger partial charge in [0.1, 0.15) is 11.5 Å². The van der Waals surface area contributed by atoms with E-state index in [0.717, 1.165) is 19.3 Å². The van der Waals surface area contributed by atoms with E-state index in [1.807, 2.05) is 27.7 Å². The van der Waals surface area contributed by atoms with Crippen LogP contribution >= 0.6 is 0 Å². The molecular formula is C34H51N5O7. The number of likely N-dealkylation sites (N-methyl/N-ethyl adjacent to an activating group) is 1. The SMILES string of the molecule is COc1ccc(NC(=O)N(C)C[C@@H]2OCCCC[C@H](C)Oc3ccc(NC(=O)NC(C)C)cc3C(=O)N([C@@H](C)CO)C[C@@H]2C)cc1. The van der Waals surface area contributed by atoms with E-state index in [-0.39, 0.29) is 61.3 Å². The number of carbonyl (C=O) groups excluding carboxylic acids is 3. The molecule has 1 aliphatic heterocycles. The van der Waals surface area contributed by atoms with Gasteiger partial charge in [-0.05, 0) is 89.4 Å². The standard InChI is InChI=1S/C34H51N5O7/c1-22(2)35-33(42)36-27-13-16-30-29(18-27)32(41)39(24(4)21-40)19-23(3)31(45-17-9-8-10-25(5)46-30)20-38(6)34(43)37-26-11-14-28(44-7)15-12-26/h11-16,18,22-25,31,40H,8-10,17,19-21H2,1-7H3,(H,37,43)(H2,35,36,42)/t23-,24-,25-,31-/m0/s1. The van der Waals surface area contributed by atoms with Gasteiger partial charge in [-0.2, -0.15) is 0 Å². The summed E-state index contributed by atoms with van der Waals surface area (Å²) < 4.78 is 17.8. The largest absolute Gasteiger partial charge is 0.497 e. The summed E-state index contributed by atoms with van der Waals surface area (Å²) in [5.74, 6) is 0.551. The van der Waals surface area contributed by atoms with Gasteiger partial charge >= 0.3 is 12.1 Å². The van der Waals surface area contributed by atoms with Crippen molar-refractivity contribution in [1.29, 1.82) is 0 Å². The van der Waals surface area contributed by atoms with Gasteiger partial charge in [-0.25, -0.2) is 9.59 Å². The van der Waals surface area contributed by atoms with Crippen molar-refractivity contribution in [2.24, 2.45) is 5.92 Å². The predicted octanol–water partition coefficient (Wildman–Crippen LogP) is 5.18. The van der Waals surface area contributed by atoms with Crippen molar-refractivity contribution >= 4 is 29.3 Å².